The van der Waals surface area contributed by atoms with Gasteiger partial charge in [0, 0.05) is 24.4 Å². The molecule has 1 fully saturated rings. The largest absolute Gasteiger partial charge is 0.335 e. The Morgan fingerprint density at radius 3 is 2.88 bits per heavy atom. The Morgan fingerprint density at radius 2 is 2.08 bits per heavy atom. The molecule has 0 bridgehead atoms. The van der Waals surface area contributed by atoms with Gasteiger partial charge in [0.15, 0.2) is 0 Å². The molecule has 1 aromatic carbocycles. The highest BCUT2D eigenvalue weighted by molar-refractivity contribution is 7.10. The predicted molar refractivity (Wildman–Crippen MR) is 95.0 cm³/mol. The van der Waals surface area contributed by atoms with Crippen molar-refractivity contribution in [3.8, 4) is 0 Å². The summed E-state index contributed by atoms with van der Waals surface area (Å²) in [5.41, 5.74) is 1.47. The number of benzene rings is 1. The third-order valence-electron chi connectivity index (χ3n) is 5.18. The number of para-hydroxylation sites is 1. The van der Waals surface area contributed by atoms with Crippen LogP contribution in [0.4, 0.5) is 10.1 Å². The lowest BCUT2D eigenvalue weighted by atomic mass is 9.98. The number of nitrogens with zero attached hydrogens (tertiary/aromatic N) is 2. The number of carbonyl (C=O) groups is 2. The van der Waals surface area contributed by atoms with Gasteiger partial charge in [-0.2, -0.15) is 0 Å². The van der Waals surface area contributed by atoms with Crippen molar-refractivity contribution in [3.63, 3.8) is 0 Å². The summed E-state index contributed by atoms with van der Waals surface area (Å²) in [5.74, 6) is -1.03. The van der Waals surface area contributed by atoms with Gasteiger partial charge in [-0.05, 0) is 42.5 Å². The minimum Gasteiger partial charge on any atom is -0.335 e. The van der Waals surface area contributed by atoms with Crippen LogP contribution in [0.2, 0.25) is 0 Å². The van der Waals surface area contributed by atoms with E-state index in [1.807, 2.05) is 11.8 Å². The van der Waals surface area contributed by atoms with Crippen molar-refractivity contribution >= 4 is 28.8 Å². The highest BCUT2D eigenvalue weighted by atomic mass is 32.1. The second kappa shape index (κ2) is 6.26. The van der Waals surface area contributed by atoms with Gasteiger partial charge in [-0.25, -0.2) is 4.39 Å². The van der Waals surface area contributed by atoms with Crippen molar-refractivity contribution in [2.75, 3.05) is 18.0 Å². The second-order valence-electron chi connectivity index (χ2n) is 6.61. The normalized spacial score (nSPS) is 23.0. The maximum Gasteiger partial charge on any atom is 0.228 e. The van der Waals surface area contributed by atoms with E-state index in [0.29, 0.717) is 6.54 Å². The monoisotopic (exact) mass is 358 g/mol. The summed E-state index contributed by atoms with van der Waals surface area (Å²) in [6.07, 6.45) is 1.01. The smallest absolute Gasteiger partial charge is 0.228 e. The fourth-order valence-electron chi connectivity index (χ4n) is 3.82. The Kier molecular flexibility index (Phi) is 4.07. The lowest BCUT2D eigenvalue weighted by molar-refractivity contribution is -0.138. The molecule has 0 N–H and O–H groups in total. The average molecular weight is 358 g/mol. The van der Waals surface area contributed by atoms with E-state index in [9.17, 15) is 14.0 Å². The van der Waals surface area contributed by atoms with Crippen molar-refractivity contribution in [1.82, 2.24) is 4.90 Å². The van der Waals surface area contributed by atoms with Gasteiger partial charge >= 0.3 is 0 Å². The number of hydrogen-bond donors (Lipinski definition) is 0. The van der Waals surface area contributed by atoms with E-state index in [0.717, 1.165) is 6.42 Å². The first-order valence-corrected chi connectivity index (χ1v) is 9.36. The third-order valence-corrected chi connectivity index (χ3v) is 6.17. The van der Waals surface area contributed by atoms with E-state index in [-0.39, 0.29) is 36.5 Å². The highest BCUT2D eigenvalue weighted by Gasteiger charge is 2.40. The molecule has 1 saturated heterocycles. The van der Waals surface area contributed by atoms with Gasteiger partial charge in [-0.3, -0.25) is 9.59 Å². The molecule has 2 atom stereocenters. The molecule has 0 spiro atoms. The predicted octanol–water partition coefficient (Wildman–Crippen LogP) is 3.39. The molecule has 1 aromatic heterocycles. The number of carbonyl (C=O) groups excluding carboxylic acids is 2. The maximum absolute atomic E-state index is 14.0. The topological polar surface area (TPSA) is 40.6 Å². The van der Waals surface area contributed by atoms with Gasteiger partial charge in [0.05, 0.1) is 17.6 Å². The molecule has 0 unspecified atom stereocenters. The molecule has 4 nitrogen and oxygen atoms in total. The van der Waals surface area contributed by atoms with Crippen molar-refractivity contribution in [2.24, 2.45) is 5.92 Å². The zero-order valence-electron chi connectivity index (χ0n) is 13.9. The number of rotatable bonds is 2. The summed E-state index contributed by atoms with van der Waals surface area (Å²) in [4.78, 5) is 30.0. The SMILES string of the molecule is C[C@H]1c2ccsc2CCN1C(=O)[C@H]1CC(=O)N(c2ccccc2F)C1. The Labute approximate surface area is 149 Å². The molecule has 0 saturated carbocycles. The summed E-state index contributed by atoms with van der Waals surface area (Å²) < 4.78 is 14.0. The van der Waals surface area contributed by atoms with Gasteiger partial charge < -0.3 is 9.80 Å². The third kappa shape index (κ3) is 2.74. The first-order valence-electron chi connectivity index (χ1n) is 8.48. The molecule has 130 valence electrons. The standard InChI is InChI=1S/C19H19FN2O2S/c1-12-14-7-9-25-17(14)6-8-21(12)19(24)13-10-18(23)22(11-13)16-5-3-2-4-15(16)20/h2-5,7,9,12-13H,6,8,10-11H2,1H3/t12-,13-/m0/s1. The molecular weight excluding hydrogens is 339 g/mol. The number of anilines is 1. The van der Waals surface area contributed by atoms with Crippen LogP contribution in [-0.2, 0) is 16.0 Å². The fraction of sp³-hybridized carbons (Fsp3) is 0.368. The summed E-state index contributed by atoms with van der Waals surface area (Å²) in [6.45, 7) is 2.96. The van der Waals surface area contributed by atoms with Crippen molar-refractivity contribution in [3.05, 3.63) is 52.0 Å². The van der Waals surface area contributed by atoms with Gasteiger partial charge in [-0.1, -0.05) is 12.1 Å². The molecule has 0 aliphatic carbocycles. The molecular formula is C19H19FN2O2S. The lowest BCUT2D eigenvalue weighted by Gasteiger charge is -2.35. The van der Waals surface area contributed by atoms with Gasteiger partial charge in [0.2, 0.25) is 11.8 Å². The molecule has 2 aliphatic heterocycles. The Hall–Kier alpha value is -2.21. The van der Waals surface area contributed by atoms with Crippen LogP contribution in [0.1, 0.15) is 29.8 Å². The molecule has 0 radical (unpaired) electrons. The van der Waals surface area contributed by atoms with Crippen LogP contribution >= 0.6 is 11.3 Å². The molecule has 4 rings (SSSR count). The number of thiophene rings is 1. The van der Waals surface area contributed by atoms with Crippen LogP contribution in [0.3, 0.4) is 0 Å². The van der Waals surface area contributed by atoms with E-state index < -0.39 is 11.7 Å². The van der Waals surface area contributed by atoms with Gasteiger partial charge in [0.25, 0.3) is 0 Å². The minimum atomic E-state index is -0.432. The van der Waals surface area contributed by atoms with Crippen molar-refractivity contribution in [2.45, 2.75) is 25.8 Å². The molecule has 2 aliphatic rings. The van der Waals surface area contributed by atoms with Crippen LogP contribution in [0, 0.1) is 11.7 Å². The highest BCUT2D eigenvalue weighted by Crippen LogP contribution is 2.35. The molecule has 6 heteroatoms. The summed E-state index contributed by atoms with van der Waals surface area (Å²) in [5, 5.41) is 2.06. The van der Waals surface area contributed by atoms with Crippen molar-refractivity contribution in [1.29, 1.82) is 0 Å². The Bertz CT molecular complexity index is 834. The van der Waals surface area contributed by atoms with Crippen LogP contribution in [0.15, 0.2) is 35.7 Å². The van der Waals surface area contributed by atoms with E-state index >= 15 is 0 Å². The van der Waals surface area contributed by atoms with E-state index in [4.69, 9.17) is 0 Å². The Morgan fingerprint density at radius 1 is 1.28 bits per heavy atom. The van der Waals surface area contributed by atoms with E-state index in [1.165, 1.54) is 21.4 Å². The first-order chi connectivity index (χ1) is 12.1. The first kappa shape index (κ1) is 16.3. The maximum atomic E-state index is 14.0. The van der Waals surface area contributed by atoms with E-state index in [2.05, 4.69) is 11.4 Å². The quantitative estimate of drug-likeness (QED) is 0.826. The summed E-state index contributed by atoms with van der Waals surface area (Å²) in [7, 11) is 0. The molecule has 25 heavy (non-hydrogen) atoms. The van der Waals surface area contributed by atoms with Crippen LogP contribution < -0.4 is 4.90 Å². The number of hydrogen-bond acceptors (Lipinski definition) is 3. The average Bonchev–Trinajstić information content (AvgIpc) is 3.22. The van der Waals surface area contributed by atoms with Crippen LogP contribution in [0.5, 0.6) is 0 Å². The number of fused-ring (bicyclic) bond motifs is 1. The van der Waals surface area contributed by atoms with Gasteiger partial charge in [-0.15, -0.1) is 11.3 Å². The number of halogens is 1. The molecule has 2 aromatic rings. The van der Waals surface area contributed by atoms with Crippen LogP contribution in [-0.4, -0.2) is 29.8 Å². The fourth-order valence-corrected chi connectivity index (χ4v) is 4.78. The lowest BCUT2D eigenvalue weighted by Crippen LogP contribution is -2.42. The zero-order valence-corrected chi connectivity index (χ0v) is 14.8. The van der Waals surface area contributed by atoms with Gasteiger partial charge in [0.1, 0.15) is 5.82 Å². The molecule has 2 amide bonds. The number of amides is 2. The van der Waals surface area contributed by atoms with Crippen molar-refractivity contribution < 1.29 is 14.0 Å². The summed E-state index contributed by atoms with van der Waals surface area (Å²) in [6, 6.07) is 8.32. The Balaban J connectivity index is 1.53. The zero-order chi connectivity index (χ0) is 17.6. The second-order valence-corrected chi connectivity index (χ2v) is 7.61. The molecule has 3 heterocycles. The minimum absolute atomic E-state index is 0.00320. The van der Waals surface area contributed by atoms with Crippen LogP contribution in [0.25, 0.3) is 0 Å². The summed E-state index contributed by atoms with van der Waals surface area (Å²) >= 11 is 1.73. The van der Waals surface area contributed by atoms with E-state index in [1.54, 1.807) is 29.5 Å².